The van der Waals surface area contributed by atoms with Crippen LogP contribution in [0, 0.1) is 6.92 Å². The smallest absolute Gasteiger partial charge is 0.338 e. The molecule has 0 saturated heterocycles. The van der Waals surface area contributed by atoms with Gasteiger partial charge < -0.3 is 5.11 Å². The Morgan fingerprint density at radius 2 is 2.32 bits per heavy atom. The summed E-state index contributed by atoms with van der Waals surface area (Å²) in [6.07, 6.45) is 2.50. The van der Waals surface area contributed by atoms with Crippen molar-refractivity contribution in [3.8, 4) is 5.95 Å². The molecule has 0 radical (unpaired) electrons. The van der Waals surface area contributed by atoms with Crippen molar-refractivity contribution in [1.82, 2.24) is 19.7 Å². The molecule has 0 atom stereocenters. The van der Waals surface area contributed by atoms with Crippen LogP contribution in [0.1, 0.15) is 15.9 Å². The minimum Gasteiger partial charge on any atom is -0.478 e. The third-order valence-electron chi connectivity index (χ3n) is 2.66. The first-order valence-corrected chi connectivity index (χ1v) is 6.20. The lowest BCUT2D eigenvalue weighted by molar-refractivity contribution is 0.0697. The number of carboxylic acids is 1. The van der Waals surface area contributed by atoms with Gasteiger partial charge in [0.15, 0.2) is 0 Å². The lowest BCUT2D eigenvalue weighted by Crippen LogP contribution is -2.13. The Labute approximate surface area is 110 Å². The van der Waals surface area contributed by atoms with Crippen molar-refractivity contribution < 1.29 is 9.90 Å². The molecule has 0 aliphatic rings. The quantitative estimate of drug-likeness (QED) is 0.731. The molecule has 0 aromatic carbocycles. The third kappa shape index (κ3) is 1.82. The molecule has 0 spiro atoms. The third-order valence-corrected chi connectivity index (χ3v) is 3.65. The van der Waals surface area contributed by atoms with Crippen LogP contribution in [0.15, 0.2) is 22.6 Å². The zero-order valence-electron chi connectivity index (χ0n) is 9.75. The fourth-order valence-corrected chi connectivity index (χ4v) is 2.65. The minimum atomic E-state index is -1.08. The number of hydrogen-bond donors (Lipinski definition) is 2. The Kier molecular flexibility index (Phi) is 2.46. The van der Waals surface area contributed by atoms with Crippen molar-refractivity contribution >= 4 is 27.5 Å². The molecule has 3 heterocycles. The van der Waals surface area contributed by atoms with Crippen LogP contribution in [0.25, 0.3) is 16.2 Å². The van der Waals surface area contributed by atoms with Gasteiger partial charge in [-0.2, -0.15) is 5.10 Å². The van der Waals surface area contributed by atoms with Gasteiger partial charge in [0.1, 0.15) is 4.83 Å². The number of carbonyl (C=O) groups is 1. The maximum atomic E-state index is 11.9. The van der Waals surface area contributed by atoms with E-state index in [-0.39, 0.29) is 17.1 Å². The van der Waals surface area contributed by atoms with E-state index in [0.717, 1.165) is 5.56 Å². The van der Waals surface area contributed by atoms with Gasteiger partial charge in [0.2, 0.25) is 5.95 Å². The number of aromatic nitrogens is 4. The van der Waals surface area contributed by atoms with Crippen LogP contribution in [0.5, 0.6) is 0 Å². The number of aromatic amines is 1. The van der Waals surface area contributed by atoms with Crippen molar-refractivity contribution in [2.45, 2.75) is 6.92 Å². The lowest BCUT2D eigenvalue weighted by Gasteiger charge is -1.99. The second-order valence-corrected chi connectivity index (χ2v) is 4.83. The molecule has 0 aliphatic heterocycles. The summed E-state index contributed by atoms with van der Waals surface area (Å²) >= 11 is 1.36. The number of nitrogens with zero attached hydrogens (tertiary/aromatic N) is 3. The maximum absolute atomic E-state index is 11.9. The normalized spacial score (nSPS) is 11.0. The number of aromatic carboxylic acids is 1. The molecule has 3 rings (SSSR count). The van der Waals surface area contributed by atoms with Gasteiger partial charge in [-0.1, -0.05) is 0 Å². The highest BCUT2D eigenvalue weighted by Gasteiger charge is 2.12. The number of thiophene rings is 1. The summed E-state index contributed by atoms with van der Waals surface area (Å²) < 4.78 is 1.24. The lowest BCUT2D eigenvalue weighted by atomic mass is 10.3. The number of H-pyrrole nitrogens is 1. The fourth-order valence-electron chi connectivity index (χ4n) is 1.73. The summed E-state index contributed by atoms with van der Waals surface area (Å²) in [6, 6.07) is 0. The minimum absolute atomic E-state index is 0.0325. The van der Waals surface area contributed by atoms with Crippen LogP contribution in [-0.2, 0) is 0 Å². The Morgan fingerprint density at radius 1 is 1.53 bits per heavy atom. The molecule has 0 unspecified atom stereocenters. The first-order chi connectivity index (χ1) is 9.06. The highest BCUT2D eigenvalue weighted by Crippen LogP contribution is 2.20. The summed E-state index contributed by atoms with van der Waals surface area (Å²) in [5.41, 5.74) is 0.642. The Morgan fingerprint density at radius 3 is 3.00 bits per heavy atom. The van der Waals surface area contributed by atoms with E-state index in [1.807, 2.05) is 12.3 Å². The van der Waals surface area contributed by atoms with E-state index in [2.05, 4.69) is 15.1 Å². The molecule has 0 saturated carbocycles. The summed E-state index contributed by atoms with van der Waals surface area (Å²) in [5.74, 6) is -0.881. The first kappa shape index (κ1) is 11.6. The summed E-state index contributed by atoms with van der Waals surface area (Å²) in [7, 11) is 0. The topological polar surface area (TPSA) is 101 Å². The average molecular weight is 276 g/mol. The van der Waals surface area contributed by atoms with Crippen molar-refractivity contribution in [2.24, 2.45) is 0 Å². The fraction of sp³-hybridized carbons (Fsp3) is 0.0909. The second kappa shape index (κ2) is 4.02. The Balaban J connectivity index is 2.19. The zero-order chi connectivity index (χ0) is 13.6. The van der Waals surface area contributed by atoms with Crippen LogP contribution < -0.4 is 5.56 Å². The molecule has 3 aromatic rings. The van der Waals surface area contributed by atoms with Crippen molar-refractivity contribution in [2.75, 3.05) is 0 Å². The molecule has 0 fully saturated rings. The second-order valence-electron chi connectivity index (χ2n) is 3.97. The van der Waals surface area contributed by atoms with E-state index < -0.39 is 5.97 Å². The van der Waals surface area contributed by atoms with Gasteiger partial charge in [0.25, 0.3) is 5.56 Å². The van der Waals surface area contributed by atoms with Crippen molar-refractivity contribution in [3.63, 3.8) is 0 Å². The largest absolute Gasteiger partial charge is 0.478 e. The van der Waals surface area contributed by atoms with E-state index in [1.165, 1.54) is 28.4 Å². The van der Waals surface area contributed by atoms with Gasteiger partial charge >= 0.3 is 5.97 Å². The summed E-state index contributed by atoms with van der Waals surface area (Å²) in [6.45, 7) is 1.84. The summed E-state index contributed by atoms with van der Waals surface area (Å²) in [5, 5.41) is 15.1. The molecule has 0 bridgehead atoms. The number of aryl methyl sites for hydroxylation is 1. The summed E-state index contributed by atoms with van der Waals surface area (Å²) in [4.78, 5) is 30.2. The van der Waals surface area contributed by atoms with E-state index >= 15 is 0 Å². The number of hydrogen-bond acceptors (Lipinski definition) is 5. The first-order valence-electron chi connectivity index (χ1n) is 5.32. The van der Waals surface area contributed by atoms with Gasteiger partial charge in [-0.05, 0) is 17.9 Å². The molecule has 0 amide bonds. The van der Waals surface area contributed by atoms with Gasteiger partial charge in [-0.25, -0.2) is 14.5 Å². The van der Waals surface area contributed by atoms with E-state index in [1.54, 1.807) is 0 Å². The van der Waals surface area contributed by atoms with Crippen molar-refractivity contribution in [3.05, 3.63) is 39.3 Å². The molecule has 3 aromatic heterocycles. The van der Waals surface area contributed by atoms with Gasteiger partial charge in [-0.3, -0.25) is 9.78 Å². The van der Waals surface area contributed by atoms with E-state index in [9.17, 15) is 9.59 Å². The standard InChI is InChI=1S/C11H8N4O3S/c1-5-4-19-9-7(5)8(16)13-11(14-9)15-3-6(2-12-15)10(17)18/h2-4H,1H3,(H,17,18)(H,13,14,16). The molecule has 7 nitrogen and oxygen atoms in total. The van der Waals surface area contributed by atoms with Crippen LogP contribution in [0.4, 0.5) is 0 Å². The van der Waals surface area contributed by atoms with Gasteiger partial charge in [0, 0.05) is 6.20 Å². The molecular formula is C11H8N4O3S. The molecule has 96 valence electrons. The van der Waals surface area contributed by atoms with Crippen LogP contribution in [-0.4, -0.2) is 30.8 Å². The Hall–Kier alpha value is -2.48. The molecule has 19 heavy (non-hydrogen) atoms. The predicted molar refractivity (Wildman–Crippen MR) is 69.1 cm³/mol. The van der Waals surface area contributed by atoms with Gasteiger partial charge in [-0.15, -0.1) is 11.3 Å². The number of rotatable bonds is 2. The van der Waals surface area contributed by atoms with E-state index in [0.29, 0.717) is 10.2 Å². The number of carboxylic acid groups (broad SMARTS) is 1. The molecule has 0 aliphatic carbocycles. The number of fused-ring (bicyclic) bond motifs is 1. The zero-order valence-corrected chi connectivity index (χ0v) is 10.6. The van der Waals surface area contributed by atoms with Crippen molar-refractivity contribution in [1.29, 1.82) is 0 Å². The van der Waals surface area contributed by atoms with Crippen LogP contribution in [0.3, 0.4) is 0 Å². The predicted octanol–water partition coefficient (Wildman–Crippen LogP) is 1.18. The van der Waals surface area contributed by atoms with Crippen LogP contribution in [0.2, 0.25) is 0 Å². The van der Waals surface area contributed by atoms with E-state index in [4.69, 9.17) is 5.11 Å². The SMILES string of the molecule is Cc1csc2nc(-n3cc(C(=O)O)cn3)[nH]c(=O)c12. The highest BCUT2D eigenvalue weighted by molar-refractivity contribution is 7.16. The Bertz CT molecular complexity index is 845. The highest BCUT2D eigenvalue weighted by atomic mass is 32.1. The molecular weight excluding hydrogens is 268 g/mol. The molecule has 2 N–H and O–H groups in total. The number of nitrogens with one attached hydrogen (secondary N) is 1. The average Bonchev–Trinajstić information content (AvgIpc) is 2.96. The van der Waals surface area contributed by atoms with Crippen LogP contribution >= 0.6 is 11.3 Å². The maximum Gasteiger partial charge on any atom is 0.338 e. The van der Waals surface area contributed by atoms with Gasteiger partial charge in [0.05, 0.1) is 17.1 Å². The monoisotopic (exact) mass is 276 g/mol. The molecule has 8 heteroatoms.